The van der Waals surface area contributed by atoms with Gasteiger partial charge < -0.3 is 220 Å². The van der Waals surface area contributed by atoms with Crippen molar-refractivity contribution in [1.29, 1.82) is 0 Å². The van der Waals surface area contributed by atoms with Crippen molar-refractivity contribution in [3.05, 3.63) is 82.9 Å². The number of thioether (sulfide) groups is 2. The SMILES string of the molecule is [O-2].[O-2].[O-]c1ccc(CS[C@@H]2O[C@H](CO)[C@@H](O[C@H]3O[C@H](CO)[C@@H](O[C@H]4O[C@H](CO)[C@@H](O[C@H]5O[C@H](CO)[C@@H](O)[C@H](O)[C@H]5O)[C@H](O)[C@H]4O)[C@H](O)[C@H]3O)[C@H](O)[C@H]2O)cc1C=Nc1ccccc1N=Cc1cc(CS[C@@H]2O[C@H](CO)[C@@H](O[C@H]3O[C@H](CO)[C@@H](O[C@H]4O[C@H](CO)[C@@H](O[C@H]5O[C@H](CO)[C@@H](O)[C@H](O)[C@H]5O)[C@H](O)[C@H]4O)[C@H](O)[C@H]3O)[C@H](O)[C@H]2O)ccc1[O-].[U]. The van der Waals surface area contributed by atoms with Gasteiger partial charge in [0, 0.05) is 55.0 Å². The third kappa shape index (κ3) is 22.6. The number of para-hydroxylation sites is 2. The summed E-state index contributed by atoms with van der Waals surface area (Å²) in [5, 5.41) is 305. The molecule has 0 amide bonds. The molecule has 8 heterocycles. The molecule has 8 aliphatic heterocycles. The number of aliphatic hydroxyl groups is 26. The fraction of sp³-hybridized carbons (Fsp3) is 0.714. The smallest absolute Gasteiger partial charge is 0.187 e. The van der Waals surface area contributed by atoms with E-state index < -0.39 is 308 Å². The summed E-state index contributed by atoms with van der Waals surface area (Å²) in [4.78, 5) is 9.02. The van der Waals surface area contributed by atoms with Crippen molar-refractivity contribution in [2.24, 2.45) is 9.98 Å². The van der Waals surface area contributed by atoms with Crippen molar-refractivity contribution < 1.29 is 251 Å². The topological polar surface area (TPSA) is 783 Å². The van der Waals surface area contributed by atoms with Crippen molar-refractivity contribution in [3.63, 3.8) is 0 Å². The van der Waals surface area contributed by atoms with E-state index >= 15 is 0 Å². The van der Waals surface area contributed by atoms with E-state index in [0.717, 1.165) is 23.5 Å². The summed E-state index contributed by atoms with van der Waals surface area (Å²) in [5.74, 6) is -0.875. The van der Waals surface area contributed by atoms with E-state index in [1.165, 1.54) is 48.8 Å². The standard InChI is InChI=1S/C70H100N2O42S2.2O.U/c73-13-31-39(83)41(85)49(93)63(101-31)109-57-33(15-75)103-65(51(95)43(57)87)111-59-35(17-77)105-67(53(97)45(59)89)113-61-37(19-79)107-69(55(99)47(61)91)115-21-23-5-7-29(81)25(9-23)11-71-27-3-1-2-4-28(27)72-12-26-10-24(6-8-30(26)82)22-116-70-56(100)48(92)62(38(20-80)108-70)114-68-54(98)46(90)60(36(18-78)106-68)112-66-52(96)44(88)58(34(16-76)104-66)110-64-50(94)42(86)40(84)32(14-74)102-64;;;/h1-12,31-70,73-100H,13-22H2;;;/q;2*-2;/p-2/t31-,32-,33-,34-,35-,36-,37-,38-,39-,40-,41+,42+,43-,44-,45-,46-,47-,48-,49-,50-,51-,52-,53-,54-,55-,56-,57-,58-,59-,60-,61-,62-,63-,64-,65-,66-,67-,68-,69+,70+;;;/m1.../s1. The van der Waals surface area contributed by atoms with Gasteiger partial charge >= 0.3 is 0 Å². The van der Waals surface area contributed by atoms with Gasteiger partial charge in [-0.1, -0.05) is 36.4 Å². The molecule has 119 heavy (non-hydrogen) atoms. The molecule has 0 aliphatic carbocycles. The van der Waals surface area contributed by atoms with Gasteiger partial charge in [-0.15, -0.1) is 35.0 Å². The van der Waals surface area contributed by atoms with E-state index in [9.17, 15) is 143 Å². The van der Waals surface area contributed by atoms with Crippen LogP contribution in [0.25, 0.3) is 0 Å². The molecule has 49 heteroatoms. The first kappa shape index (κ1) is 101. The fourth-order valence-corrected chi connectivity index (χ4v) is 16.5. The van der Waals surface area contributed by atoms with Gasteiger partial charge in [0.1, 0.15) is 206 Å². The van der Waals surface area contributed by atoms with Gasteiger partial charge in [-0.2, -0.15) is 0 Å². The Morgan fingerprint density at radius 3 is 0.773 bits per heavy atom. The summed E-state index contributed by atoms with van der Waals surface area (Å²) in [6.45, 7) is -7.26. The van der Waals surface area contributed by atoms with Crippen LogP contribution in [0.15, 0.2) is 70.6 Å². The fourth-order valence-electron chi connectivity index (χ4n) is 14.2. The maximum Gasteiger partial charge on any atom is 0.187 e. The van der Waals surface area contributed by atoms with Crippen molar-refractivity contribution >= 4 is 47.3 Å². The maximum absolute atomic E-state index is 13.2. The van der Waals surface area contributed by atoms with Crippen LogP contribution in [0.1, 0.15) is 22.3 Å². The Labute approximate surface area is 707 Å². The minimum atomic E-state index is -2.12. The molecule has 8 saturated heterocycles. The van der Waals surface area contributed by atoms with Gasteiger partial charge in [-0.3, -0.25) is 9.98 Å². The first-order valence-electron chi connectivity index (χ1n) is 36.7. The second-order valence-corrected chi connectivity index (χ2v) is 30.8. The first-order valence-corrected chi connectivity index (χ1v) is 38.8. The number of aliphatic imine (C=N–C) groups is 2. The molecule has 0 aromatic heterocycles. The van der Waals surface area contributed by atoms with Gasteiger partial charge in [-0.25, -0.2) is 0 Å². The predicted octanol–water partition coefficient (Wildman–Crippen LogP) is -13.9. The minimum absolute atomic E-state index is 0. The van der Waals surface area contributed by atoms with Crippen LogP contribution in [0, 0.1) is 31.1 Å². The van der Waals surface area contributed by atoms with Gasteiger partial charge in [-0.05, 0) is 46.5 Å². The zero-order chi connectivity index (χ0) is 84.0. The summed E-state index contributed by atoms with van der Waals surface area (Å²) in [7, 11) is 0. The van der Waals surface area contributed by atoms with Crippen LogP contribution in [0.5, 0.6) is 11.5 Å². The van der Waals surface area contributed by atoms with E-state index in [0.29, 0.717) is 11.1 Å². The Kier molecular flexibility index (Phi) is 38.6. The Morgan fingerprint density at radius 2 is 0.521 bits per heavy atom. The van der Waals surface area contributed by atoms with E-state index in [2.05, 4.69) is 9.98 Å². The second kappa shape index (κ2) is 45.4. The molecule has 46 nitrogen and oxygen atoms in total. The zero-order valence-electron chi connectivity index (χ0n) is 62.3. The molecule has 0 radical (unpaired) electrons. The maximum atomic E-state index is 13.2. The minimum Gasteiger partial charge on any atom is -2.00 e. The van der Waals surface area contributed by atoms with Crippen LogP contribution in [0.2, 0.25) is 0 Å². The van der Waals surface area contributed by atoms with Gasteiger partial charge in [0.25, 0.3) is 0 Å². The molecular formula is C70H98N2O44S2U-6. The van der Waals surface area contributed by atoms with E-state index in [1.807, 2.05) is 0 Å². The Hall–Kier alpha value is -3.33. The number of hydrogen-bond donors (Lipinski definition) is 26. The summed E-state index contributed by atoms with van der Waals surface area (Å²) in [5.41, 5.74) is -0.894. The molecule has 11 rings (SSSR count). The number of benzene rings is 3. The van der Waals surface area contributed by atoms with Gasteiger partial charge in [0.05, 0.1) is 64.2 Å². The van der Waals surface area contributed by atoms with Crippen LogP contribution in [-0.2, 0) is 88.8 Å². The normalized spacial score (nSPS) is 42.8. The second-order valence-electron chi connectivity index (χ2n) is 28.6. The number of rotatable bonds is 30. The van der Waals surface area contributed by atoms with Crippen LogP contribution in [0.4, 0.5) is 11.4 Å². The predicted molar refractivity (Wildman–Crippen MR) is 380 cm³/mol. The first-order chi connectivity index (χ1) is 55.4. The monoisotopic (exact) mass is 1970 g/mol. The summed E-state index contributed by atoms with van der Waals surface area (Å²) in [6.07, 6.45) is -67.0. The third-order valence-corrected chi connectivity index (χ3v) is 23.3. The van der Waals surface area contributed by atoms with E-state index in [4.69, 9.17) is 66.3 Å². The van der Waals surface area contributed by atoms with Crippen molar-refractivity contribution in [2.75, 3.05) is 52.9 Å². The van der Waals surface area contributed by atoms with Crippen molar-refractivity contribution in [1.82, 2.24) is 0 Å². The molecule has 674 valence electrons. The number of aliphatic hydroxyl groups excluding tert-OH is 26. The molecule has 3 aromatic rings. The van der Waals surface area contributed by atoms with Gasteiger partial charge in [0.2, 0.25) is 0 Å². The molecule has 40 atom stereocenters. The molecule has 0 bridgehead atoms. The van der Waals surface area contributed by atoms with Crippen LogP contribution in [-0.4, -0.2) is 442 Å². The molecule has 26 N–H and O–H groups in total. The Morgan fingerprint density at radius 1 is 0.294 bits per heavy atom. The molecule has 8 aliphatic rings. The average Bonchev–Trinajstić information content (AvgIpc) is 0.766. The van der Waals surface area contributed by atoms with E-state index in [1.54, 1.807) is 24.3 Å². The average molecular weight is 1970 g/mol. The van der Waals surface area contributed by atoms with Crippen LogP contribution >= 0.6 is 23.5 Å². The number of nitrogens with zero attached hydrogens (tertiary/aromatic N) is 2. The largest absolute Gasteiger partial charge is 2.00 e. The third-order valence-electron chi connectivity index (χ3n) is 20.9. The Balaban J connectivity index is 0.00000588. The zero-order valence-corrected chi connectivity index (χ0v) is 68.1. The molecule has 0 spiro atoms. The molecule has 3 aromatic carbocycles. The van der Waals surface area contributed by atoms with Crippen molar-refractivity contribution in [2.45, 2.75) is 255 Å². The van der Waals surface area contributed by atoms with Crippen LogP contribution in [0.3, 0.4) is 0 Å². The van der Waals surface area contributed by atoms with Gasteiger partial charge in [0.15, 0.2) is 37.7 Å². The summed E-state index contributed by atoms with van der Waals surface area (Å²) in [6, 6.07) is 14.9. The summed E-state index contributed by atoms with van der Waals surface area (Å²) < 4.78 is 79.5. The quantitative estimate of drug-likeness (QED) is 0.0276. The Bertz CT molecular complexity index is 3400. The molecule has 0 unspecified atom stereocenters. The van der Waals surface area contributed by atoms with E-state index in [-0.39, 0.29) is 76.1 Å². The van der Waals surface area contributed by atoms with Crippen molar-refractivity contribution in [3.8, 4) is 11.5 Å². The molecule has 8 fully saturated rings. The molecular weight excluding hydrogens is 1870 g/mol. The van der Waals surface area contributed by atoms with Crippen LogP contribution < -0.4 is 10.2 Å². The number of ether oxygens (including phenoxy) is 14. The number of hydrogen-bond acceptors (Lipinski definition) is 46. The molecule has 0 saturated carbocycles. The summed E-state index contributed by atoms with van der Waals surface area (Å²) >= 11 is 1.89.